The Morgan fingerprint density at radius 2 is 2.00 bits per heavy atom. The number of ether oxygens (including phenoxy) is 1. The van der Waals surface area contributed by atoms with Gasteiger partial charge in [-0.2, -0.15) is 4.98 Å². The molecular weight excluding hydrogens is 370 g/mol. The standard InChI is InChI=1S/C21H25N5O3/c1-3-28-21(27)18-17-19(22-14(2)23-20(17)29-25-18)24-16-9-11-26(12-10-16)13-15-7-5-4-6-8-15/h4-8,16H,3,9-13H2,1-2H3,(H,22,23,24). The SMILES string of the molecule is CCOC(=O)c1noc2nc(C)nc(NC3CCN(Cc4ccccc4)CC3)c12. The highest BCUT2D eigenvalue weighted by Gasteiger charge is 2.26. The minimum Gasteiger partial charge on any atom is -0.461 e. The number of aryl methyl sites for hydroxylation is 1. The summed E-state index contributed by atoms with van der Waals surface area (Å²) < 4.78 is 10.3. The van der Waals surface area contributed by atoms with E-state index in [-0.39, 0.29) is 18.3 Å². The smallest absolute Gasteiger partial charge is 0.361 e. The number of carbonyl (C=O) groups is 1. The van der Waals surface area contributed by atoms with E-state index in [9.17, 15) is 4.79 Å². The summed E-state index contributed by atoms with van der Waals surface area (Å²) in [6.07, 6.45) is 1.97. The molecule has 0 aliphatic carbocycles. The Hall–Kier alpha value is -3.00. The number of nitrogens with zero attached hydrogens (tertiary/aromatic N) is 4. The van der Waals surface area contributed by atoms with Crippen molar-refractivity contribution in [2.45, 2.75) is 39.3 Å². The fraction of sp³-hybridized carbons (Fsp3) is 0.429. The lowest BCUT2D eigenvalue weighted by Crippen LogP contribution is -2.38. The number of fused-ring (bicyclic) bond motifs is 1. The summed E-state index contributed by atoms with van der Waals surface area (Å²) in [6, 6.07) is 10.8. The fourth-order valence-corrected chi connectivity index (χ4v) is 3.67. The summed E-state index contributed by atoms with van der Waals surface area (Å²) in [7, 11) is 0. The van der Waals surface area contributed by atoms with E-state index < -0.39 is 5.97 Å². The average molecular weight is 395 g/mol. The van der Waals surface area contributed by atoms with Crippen LogP contribution in [0, 0.1) is 6.92 Å². The van der Waals surface area contributed by atoms with Gasteiger partial charge >= 0.3 is 5.97 Å². The molecule has 0 saturated carbocycles. The van der Waals surface area contributed by atoms with Gasteiger partial charge in [-0.25, -0.2) is 9.78 Å². The van der Waals surface area contributed by atoms with Crippen molar-refractivity contribution in [3.8, 4) is 0 Å². The lowest BCUT2D eigenvalue weighted by Gasteiger charge is -2.32. The molecule has 1 aliphatic rings. The molecule has 152 valence electrons. The number of piperidine rings is 1. The molecule has 8 nitrogen and oxygen atoms in total. The molecule has 3 heterocycles. The van der Waals surface area contributed by atoms with Gasteiger partial charge in [-0.15, -0.1) is 0 Å². The molecule has 1 fully saturated rings. The first-order valence-electron chi connectivity index (χ1n) is 9.98. The van der Waals surface area contributed by atoms with Crippen LogP contribution in [0.5, 0.6) is 0 Å². The largest absolute Gasteiger partial charge is 0.461 e. The maximum absolute atomic E-state index is 12.2. The van der Waals surface area contributed by atoms with Gasteiger partial charge in [0, 0.05) is 25.7 Å². The number of anilines is 1. The van der Waals surface area contributed by atoms with Crippen molar-refractivity contribution in [2.75, 3.05) is 25.0 Å². The number of esters is 1. The van der Waals surface area contributed by atoms with Crippen molar-refractivity contribution in [3.05, 3.63) is 47.4 Å². The van der Waals surface area contributed by atoms with Crippen LogP contribution < -0.4 is 5.32 Å². The number of rotatable bonds is 6. The Morgan fingerprint density at radius 1 is 1.24 bits per heavy atom. The summed E-state index contributed by atoms with van der Waals surface area (Å²) in [5.74, 6) is 0.616. The van der Waals surface area contributed by atoms with E-state index in [1.54, 1.807) is 13.8 Å². The molecule has 0 bridgehead atoms. The first-order valence-corrected chi connectivity index (χ1v) is 9.98. The third kappa shape index (κ3) is 4.37. The van der Waals surface area contributed by atoms with E-state index in [1.165, 1.54) is 5.56 Å². The number of hydrogen-bond donors (Lipinski definition) is 1. The normalized spacial score (nSPS) is 15.5. The van der Waals surface area contributed by atoms with E-state index in [2.05, 4.69) is 49.6 Å². The third-order valence-electron chi connectivity index (χ3n) is 5.09. The molecule has 0 unspecified atom stereocenters. The lowest BCUT2D eigenvalue weighted by molar-refractivity contribution is 0.0517. The van der Waals surface area contributed by atoms with Crippen LogP contribution in [0.2, 0.25) is 0 Å². The maximum atomic E-state index is 12.2. The number of aromatic nitrogens is 3. The molecule has 1 aliphatic heterocycles. The molecule has 4 rings (SSSR count). The summed E-state index contributed by atoms with van der Waals surface area (Å²) in [4.78, 5) is 23.5. The number of nitrogens with one attached hydrogen (secondary N) is 1. The Kier molecular flexibility index (Phi) is 5.71. The third-order valence-corrected chi connectivity index (χ3v) is 5.09. The minimum absolute atomic E-state index is 0.117. The maximum Gasteiger partial charge on any atom is 0.361 e. The molecule has 0 amide bonds. The van der Waals surface area contributed by atoms with Crippen molar-refractivity contribution >= 4 is 22.9 Å². The first kappa shape index (κ1) is 19.3. The monoisotopic (exact) mass is 395 g/mol. The van der Waals surface area contributed by atoms with Gasteiger partial charge in [0.25, 0.3) is 5.71 Å². The van der Waals surface area contributed by atoms with Crippen LogP contribution in [-0.2, 0) is 11.3 Å². The molecule has 0 spiro atoms. The molecule has 3 aromatic rings. The Morgan fingerprint density at radius 3 is 2.72 bits per heavy atom. The van der Waals surface area contributed by atoms with Crippen LogP contribution in [0.4, 0.5) is 5.82 Å². The van der Waals surface area contributed by atoms with Gasteiger partial charge in [0.1, 0.15) is 17.0 Å². The Bertz CT molecular complexity index is 981. The Balaban J connectivity index is 1.47. The number of benzene rings is 1. The predicted octanol–water partition coefficient (Wildman–Crippen LogP) is 3.18. The average Bonchev–Trinajstić information content (AvgIpc) is 3.14. The van der Waals surface area contributed by atoms with Crippen molar-refractivity contribution in [2.24, 2.45) is 0 Å². The summed E-state index contributed by atoms with van der Waals surface area (Å²) in [6.45, 7) is 6.76. The van der Waals surface area contributed by atoms with Crippen LogP contribution in [0.15, 0.2) is 34.9 Å². The summed E-state index contributed by atoms with van der Waals surface area (Å²) in [5.41, 5.74) is 1.74. The topological polar surface area (TPSA) is 93.4 Å². The Labute approximate surface area is 169 Å². The molecule has 1 aromatic carbocycles. The second-order valence-corrected chi connectivity index (χ2v) is 7.23. The van der Waals surface area contributed by atoms with E-state index in [0.29, 0.717) is 22.7 Å². The highest BCUT2D eigenvalue weighted by molar-refractivity contribution is 6.04. The predicted molar refractivity (Wildman–Crippen MR) is 109 cm³/mol. The van der Waals surface area contributed by atoms with Crippen molar-refractivity contribution in [1.29, 1.82) is 0 Å². The van der Waals surface area contributed by atoms with Crippen LogP contribution in [0.1, 0.15) is 41.6 Å². The van der Waals surface area contributed by atoms with Gasteiger partial charge in [-0.05, 0) is 32.3 Å². The van der Waals surface area contributed by atoms with Crippen molar-refractivity contribution in [1.82, 2.24) is 20.0 Å². The van der Waals surface area contributed by atoms with Crippen molar-refractivity contribution < 1.29 is 14.1 Å². The summed E-state index contributed by atoms with van der Waals surface area (Å²) in [5, 5.41) is 7.84. The number of carbonyl (C=O) groups excluding carboxylic acids is 1. The van der Waals surface area contributed by atoms with Gasteiger partial charge in [-0.1, -0.05) is 35.5 Å². The molecule has 29 heavy (non-hydrogen) atoms. The van der Waals surface area contributed by atoms with Crippen LogP contribution in [0.25, 0.3) is 11.1 Å². The highest BCUT2D eigenvalue weighted by Crippen LogP contribution is 2.27. The van der Waals surface area contributed by atoms with E-state index in [0.717, 1.165) is 32.5 Å². The van der Waals surface area contributed by atoms with E-state index in [4.69, 9.17) is 9.26 Å². The molecule has 1 saturated heterocycles. The number of hydrogen-bond acceptors (Lipinski definition) is 8. The van der Waals surface area contributed by atoms with E-state index >= 15 is 0 Å². The zero-order valence-corrected chi connectivity index (χ0v) is 16.7. The number of likely N-dealkylation sites (tertiary alicyclic amines) is 1. The summed E-state index contributed by atoms with van der Waals surface area (Å²) >= 11 is 0. The second kappa shape index (κ2) is 8.57. The van der Waals surface area contributed by atoms with Gasteiger partial charge < -0.3 is 14.6 Å². The van der Waals surface area contributed by atoms with Crippen LogP contribution >= 0.6 is 0 Å². The first-order chi connectivity index (χ1) is 14.1. The van der Waals surface area contributed by atoms with Crippen LogP contribution in [0.3, 0.4) is 0 Å². The molecule has 0 atom stereocenters. The van der Waals surface area contributed by atoms with Gasteiger partial charge in [-0.3, -0.25) is 4.90 Å². The van der Waals surface area contributed by atoms with Gasteiger partial charge in [0.15, 0.2) is 0 Å². The molecular formula is C21H25N5O3. The highest BCUT2D eigenvalue weighted by atomic mass is 16.5. The van der Waals surface area contributed by atoms with E-state index in [1.807, 2.05) is 6.07 Å². The van der Waals surface area contributed by atoms with Crippen molar-refractivity contribution in [3.63, 3.8) is 0 Å². The van der Waals surface area contributed by atoms with Gasteiger partial charge in [0.05, 0.1) is 6.61 Å². The molecule has 2 aromatic heterocycles. The lowest BCUT2D eigenvalue weighted by atomic mass is 10.0. The molecule has 1 N–H and O–H groups in total. The second-order valence-electron chi connectivity index (χ2n) is 7.23. The zero-order valence-electron chi connectivity index (χ0n) is 16.7. The quantitative estimate of drug-likeness (QED) is 0.636. The molecule has 0 radical (unpaired) electrons. The molecule has 8 heteroatoms. The zero-order chi connectivity index (χ0) is 20.2. The minimum atomic E-state index is -0.528. The van der Waals surface area contributed by atoms with Crippen LogP contribution in [-0.4, -0.2) is 51.7 Å². The van der Waals surface area contributed by atoms with Gasteiger partial charge in [0.2, 0.25) is 5.69 Å². The fourth-order valence-electron chi connectivity index (χ4n) is 3.67.